The molecule has 22 heavy (non-hydrogen) atoms. The van der Waals surface area contributed by atoms with E-state index >= 15 is 0 Å². The first-order chi connectivity index (χ1) is 10.5. The molecule has 1 aromatic heterocycles. The zero-order valence-corrected chi connectivity index (χ0v) is 12.5. The highest BCUT2D eigenvalue weighted by molar-refractivity contribution is 6.03. The molecule has 0 saturated carbocycles. The van der Waals surface area contributed by atoms with E-state index in [-0.39, 0.29) is 17.2 Å². The van der Waals surface area contributed by atoms with Gasteiger partial charge in [0.25, 0.3) is 5.91 Å². The summed E-state index contributed by atoms with van der Waals surface area (Å²) in [5.74, 6) is -0.235. The van der Waals surface area contributed by atoms with Gasteiger partial charge in [0.15, 0.2) is 0 Å². The van der Waals surface area contributed by atoms with Crippen LogP contribution in [-0.2, 0) is 10.2 Å². The van der Waals surface area contributed by atoms with Crippen molar-refractivity contribution in [3.63, 3.8) is 0 Å². The number of nitrogens with zero attached hydrogens (tertiary/aromatic N) is 1. The average Bonchev–Trinajstić information content (AvgIpc) is 2.48. The predicted octanol–water partition coefficient (Wildman–Crippen LogP) is 2.95. The Morgan fingerprint density at radius 3 is 2.82 bits per heavy atom. The molecular formula is C17H17N3O2. The van der Waals surface area contributed by atoms with E-state index in [1.807, 2.05) is 26.0 Å². The van der Waals surface area contributed by atoms with E-state index < -0.39 is 0 Å². The van der Waals surface area contributed by atoms with Crippen molar-refractivity contribution in [3.05, 3.63) is 53.9 Å². The number of amides is 2. The Hall–Kier alpha value is -2.69. The molecule has 0 unspecified atom stereocenters. The topological polar surface area (TPSA) is 71.1 Å². The van der Waals surface area contributed by atoms with Gasteiger partial charge in [0.2, 0.25) is 5.91 Å². The summed E-state index contributed by atoms with van der Waals surface area (Å²) in [6.45, 7) is 4.05. The zero-order chi connectivity index (χ0) is 15.7. The molecule has 0 saturated heterocycles. The summed E-state index contributed by atoms with van der Waals surface area (Å²) in [5.41, 5.74) is 2.62. The van der Waals surface area contributed by atoms with Crippen molar-refractivity contribution >= 4 is 23.2 Å². The molecule has 0 atom stereocenters. The van der Waals surface area contributed by atoms with Crippen molar-refractivity contribution in [3.8, 4) is 0 Å². The van der Waals surface area contributed by atoms with E-state index in [1.165, 1.54) is 0 Å². The number of nitrogens with one attached hydrogen (secondary N) is 2. The first-order valence-corrected chi connectivity index (χ1v) is 7.12. The number of aromatic nitrogens is 1. The van der Waals surface area contributed by atoms with Gasteiger partial charge >= 0.3 is 0 Å². The summed E-state index contributed by atoms with van der Waals surface area (Å²) >= 11 is 0. The summed E-state index contributed by atoms with van der Waals surface area (Å²) in [5, 5.41) is 5.71. The van der Waals surface area contributed by atoms with Crippen LogP contribution in [0, 0.1) is 0 Å². The lowest BCUT2D eigenvalue weighted by molar-refractivity contribution is -0.117. The van der Waals surface area contributed by atoms with E-state index in [4.69, 9.17) is 0 Å². The molecule has 2 heterocycles. The minimum absolute atomic E-state index is 0.0165. The van der Waals surface area contributed by atoms with Gasteiger partial charge in [-0.05, 0) is 35.9 Å². The molecule has 2 N–H and O–H groups in total. The smallest absolute Gasteiger partial charge is 0.274 e. The van der Waals surface area contributed by atoms with Crippen LogP contribution in [0.25, 0.3) is 0 Å². The third-order valence-corrected chi connectivity index (χ3v) is 3.78. The summed E-state index contributed by atoms with van der Waals surface area (Å²) < 4.78 is 0. The molecule has 0 spiro atoms. The Morgan fingerprint density at radius 2 is 2.09 bits per heavy atom. The van der Waals surface area contributed by atoms with Crippen LogP contribution in [0.3, 0.4) is 0 Å². The van der Waals surface area contributed by atoms with Gasteiger partial charge in [-0.25, -0.2) is 0 Å². The Balaban J connectivity index is 1.88. The second-order valence-electron chi connectivity index (χ2n) is 6.04. The fourth-order valence-corrected chi connectivity index (χ4v) is 2.67. The van der Waals surface area contributed by atoms with Gasteiger partial charge in [-0.1, -0.05) is 19.9 Å². The van der Waals surface area contributed by atoms with Crippen LogP contribution in [0.15, 0.2) is 42.6 Å². The zero-order valence-electron chi connectivity index (χ0n) is 12.5. The molecule has 3 rings (SSSR count). The summed E-state index contributed by atoms with van der Waals surface area (Å²) in [6, 6.07) is 10.7. The Labute approximate surface area is 128 Å². The van der Waals surface area contributed by atoms with E-state index in [0.717, 1.165) is 11.3 Å². The number of anilines is 2. The monoisotopic (exact) mass is 295 g/mol. The summed E-state index contributed by atoms with van der Waals surface area (Å²) in [4.78, 5) is 27.9. The SMILES string of the molecule is CC1(C)CC(=O)Nc2ccc(NC(=O)c3ccccn3)cc21. The van der Waals surface area contributed by atoms with E-state index in [9.17, 15) is 9.59 Å². The normalized spacial score (nSPS) is 15.6. The van der Waals surface area contributed by atoms with Crippen LogP contribution in [0.4, 0.5) is 11.4 Å². The Bertz CT molecular complexity index is 739. The lowest BCUT2D eigenvalue weighted by Gasteiger charge is -2.32. The average molecular weight is 295 g/mol. The summed E-state index contributed by atoms with van der Waals surface area (Å²) in [7, 11) is 0. The molecule has 1 aliphatic rings. The second-order valence-corrected chi connectivity index (χ2v) is 6.04. The van der Waals surface area contributed by atoms with Gasteiger partial charge in [-0.15, -0.1) is 0 Å². The van der Waals surface area contributed by atoms with Gasteiger partial charge < -0.3 is 10.6 Å². The highest BCUT2D eigenvalue weighted by Gasteiger charge is 2.32. The van der Waals surface area contributed by atoms with Crippen LogP contribution in [0.2, 0.25) is 0 Å². The van der Waals surface area contributed by atoms with Crippen LogP contribution < -0.4 is 10.6 Å². The van der Waals surface area contributed by atoms with Crippen LogP contribution in [-0.4, -0.2) is 16.8 Å². The maximum atomic E-state index is 12.2. The number of rotatable bonds is 2. The van der Waals surface area contributed by atoms with Gasteiger partial charge in [-0.3, -0.25) is 14.6 Å². The molecule has 2 aromatic rings. The van der Waals surface area contributed by atoms with E-state index in [0.29, 0.717) is 17.8 Å². The molecule has 5 heteroatoms. The van der Waals surface area contributed by atoms with E-state index in [2.05, 4.69) is 15.6 Å². The third kappa shape index (κ3) is 2.70. The molecule has 0 fully saturated rings. The maximum Gasteiger partial charge on any atom is 0.274 e. The van der Waals surface area contributed by atoms with Gasteiger partial charge in [0.05, 0.1) is 0 Å². The number of pyridine rings is 1. The quantitative estimate of drug-likeness (QED) is 0.894. The second kappa shape index (κ2) is 5.26. The van der Waals surface area contributed by atoms with Crippen molar-refractivity contribution in [1.29, 1.82) is 0 Å². The molecule has 2 amide bonds. The van der Waals surface area contributed by atoms with Crippen molar-refractivity contribution < 1.29 is 9.59 Å². The molecule has 112 valence electrons. The first kappa shape index (κ1) is 14.3. The molecule has 0 aliphatic carbocycles. The van der Waals surface area contributed by atoms with Crippen molar-refractivity contribution in [2.75, 3.05) is 10.6 Å². The van der Waals surface area contributed by atoms with Crippen LogP contribution in [0.1, 0.15) is 36.3 Å². The molecular weight excluding hydrogens is 278 g/mol. The maximum absolute atomic E-state index is 12.2. The largest absolute Gasteiger partial charge is 0.326 e. The minimum atomic E-state index is -0.261. The standard InChI is InChI=1S/C17H17N3O2/c1-17(2)10-15(21)20-13-7-6-11(9-12(13)17)19-16(22)14-5-3-4-8-18-14/h3-9H,10H2,1-2H3,(H,19,22)(H,20,21). The number of carbonyl (C=O) groups excluding carboxylic acids is 2. The fourth-order valence-electron chi connectivity index (χ4n) is 2.67. The van der Waals surface area contributed by atoms with E-state index in [1.54, 1.807) is 30.5 Å². The van der Waals surface area contributed by atoms with Crippen molar-refractivity contribution in [1.82, 2.24) is 4.98 Å². The highest BCUT2D eigenvalue weighted by Crippen LogP contribution is 2.38. The lowest BCUT2D eigenvalue weighted by Crippen LogP contribution is -2.32. The van der Waals surface area contributed by atoms with Gasteiger partial charge in [-0.2, -0.15) is 0 Å². The van der Waals surface area contributed by atoms with Gasteiger partial charge in [0.1, 0.15) is 5.69 Å². The first-order valence-electron chi connectivity index (χ1n) is 7.12. The minimum Gasteiger partial charge on any atom is -0.326 e. The third-order valence-electron chi connectivity index (χ3n) is 3.78. The van der Waals surface area contributed by atoms with Crippen molar-refractivity contribution in [2.45, 2.75) is 25.7 Å². The van der Waals surface area contributed by atoms with Crippen LogP contribution in [0.5, 0.6) is 0 Å². The Kier molecular flexibility index (Phi) is 3.41. The number of fused-ring (bicyclic) bond motifs is 1. The lowest BCUT2D eigenvalue weighted by atomic mass is 9.78. The highest BCUT2D eigenvalue weighted by atomic mass is 16.2. The summed E-state index contributed by atoms with van der Waals surface area (Å²) in [6.07, 6.45) is 2.01. The number of benzene rings is 1. The number of hydrogen-bond acceptors (Lipinski definition) is 3. The Morgan fingerprint density at radius 1 is 1.27 bits per heavy atom. The molecule has 0 radical (unpaired) electrons. The molecule has 0 bridgehead atoms. The molecule has 5 nitrogen and oxygen atoms in total. The van der Waals surface area contributed by atoms with Crippen molar-refractivity contribution in [2.24, 2.45) is 0 Å². The molecule has 1 aromatic carbocycles. The fraction of sp³-hybridized carbons (Fsp3) is 0.235. The van der Waals surface area contributed by atoms with Gasteiger partial charge in [0, 0.05) is 29.4 Å². The molecule has 1 aliphatic heterocycles. The predicted molar refractivity (Wildman–Crippen MR) is 84.9 cm³/mol. The number of hydrogen-bond donors (Lipinski definition) is 2. The number of carbonyl (C=O) groups is 2. The van der Waals surface area contributed by atoms with Crippen LogP contribution >= 0.6 is 0 Å².